The van der Waals surface area contributed by atoms with Crippen molar-refractivity contribution in [3.05, 3.63) is 60.4 Å². The molecular formula is C22H25N5O4S2. The predicted octanol–water partition coefficient (Wildman–Crippen LogP) is 2.72. The number of thioether (sulfide) groups is 1. The van der Waals surface area contributed by atoms with Gasteiger partial charge >= 0.3 is 0 Å². The van der Waals surface area contributed by atoms with Gasteiger partial charge in [0.2, 0.25) is 15.9 Å². The summed E-state index contributed by atoms with van der Waals surface area (Å²) in [6, 6.07) is 15.9. The fraction of sp³-hybridized carbons (Fsp3) is 0.318. The molecule has 1 amide bonds. The molecule has 1 fully saturated rings. The number of carbonyl (C=O) groups is 1. The number of rotatable bonds is 7. The van der Waals surface area contributed by atoms with Crippen LogP contribution in [0.1, 0.15) is 12.7 Å². The number of amides is 1. The highest BCUT2D eigenvalue weighted by Crippen LogP contribution is 2.26. The zero-order valence-corrected chi connectivity index (χ0v) is 20.0. The Bertz CT molecular complexity index is 1210. The number of sulfonamides is 1. The highest BCUT2D eigenvalue weighted by molar-refractivity contribution is 8.00. The Kier molecular flexibility index (Phi) is 7.13. The Hall–Kier alpha value is -2.73. The van der Waals surface area contributed by atoms with Crippen LogP contribution >= 0.6 is 11.8 Å². The molecule has 2 heterocycles. The Balaban J connectivity index is 1.42. The molecule has 0 bridgehead atoms. The van der Waals surface area contributed by atoms with Crippen LogP contribution in [0.5, 0.6) is 0 Å². The number of ether oxygens (including phenoxy) is 1. The largest absolute Gasteiger partial charge is 0.379 e. The van der Waals surface area contributed by atoms with Gasteiger partial charge in [-0.3, -0.25) is 9.36 Å². The highest BCUT2D eigenvalue weighted by atomic mass is 32.2. The van der Waals surface area contributed by atoms with Crippen molar-refractivity contribution >= 4 is 33.4 Å². The molecule has 1 aromatic heterocycles. The normalized spacial score (nSPS) is 15.8. The molecule has 0 spiro atoms. The van der Waals surface area contributed by atoms with Crippen molar-refractivity contribution < 1.29 is 17.9 Å². The van der Waals surface area contributed by atoms with Gasteiger partial charge in [-0.25, -0.2) is 8.42 Å². The van der Waals surface area contributed by atoms with E-state index in [0.717, 1.165) is 11.5 Å². The molecule has 33 heavy (non-hydrogen) atoms. The van der Waals surface area contributed by atoms with E-state index in [4.69, 9.17) is 4.74 Å². The van der Waals surface area contributed by atoms with Crippen LogP contribution in [-0.4, -0.2) is 64.9 Å². The molecule has 0 unspecified atom stereocenters. The first-order chi connectivity index (χ1) is 15.9. The van der Waals surface area contributed by atoms with Crippen molar-refractivity contribution in [2.24, 2.45) is 0 Å². The van der Waals surface area contributed by atoms with Crippen LogP contribution in [-0.2, 0) is 19.6 Å². The molecule has 1 N–H and O–H groups in total. The molecule has 1 saturated heterocycles. The number of benzene rings is 2. The topological polar surface area (TPSA) is 106 Å². The van der Waals surface area contributed by atoms with Crippen LogP contribution in [0.15, 0.2) is 64.6 Å². The average Bonchev–Trinajstić information content (AvgIpc) is 3.20. The minimum atomic E-state index is -3.57. The number of nitrogens with one attached hydrogen (secondary N) is 1. The van der Waals surface area contributed by atoms with E-state index < -0.39 is 15.3 Å². The Morgan fingerprint density at radius 2 is 1.73 bits per heavy atom. The van der Waals surface area contributed by atoms with Crippen molar-refractivity contribution in [2.75, 3.05) is 31.6 Å². The van der Waals surface area contributed by atoms with Gasteiger partial charge in [0.15, 0.2) is 5.16 Å². The van der Waals surface area contributed by atoms with Crippen molar-refractivity contribution in [1.82, 2.24) is 19.1 Å². The van der Waals surface area contributed by atoms with E-state index in [1.54, 1.807) is 19.1 Å². The van der Waals surface area contributed by atoms with Crippen molar-refractivity contribution in [3.8, 4) is 5.69 Å². The minimum Gasteiger partial charge on any atom is -0.379 e. The smallest absolute Gasteiger partial charge is 0.243 e. The van der Waals surface area contributed by atoms with Crippen LogP contribution in [0, 0.1) is 6.92 Å². The molecular weight excluding hydrogens is 462 g/mol. The first kappa shape index (κ1) is 23.4. The number of hydrogen-bond acceptors (Lipinski definition) is 7. The summed E-state index contributed by atoms with van der Waals surface area (Å²) in [5.74, 6) is 0.512. The molecule has 4 rings (SSSR count). The highest BCUT2D eigenvalue weighted by Gasteiger charge is 2.26. The first-order valence-corrected chi connectivity index (χ1v) is 12.8. The number of hydrogen-bond donors (Lipinski definition) is 1. The molecule has 3 aromatic rings. The Morgan fingerprint density at radius 3 is 2.39 bits per heavy atom. The summed E-state index contributed by atoms with van der Waals surface area (Å²) in [7, 11) is -3.57. The maximum atomic E-state index is 12.8. The lowest BCUT2D eigenvalue weighted by Crippen LogP contribution is -2.40. The number of para-hydroxylation sites is 1. The third kappa shape index (κ3) is 5.27. The van der Waals surface area contributed by atoms with Gasteiger partial charge in [0.05, 0.1) is 23.4 Å². The Labute approximate surface area is 197 Å². The zero-order valence-electron chi connectivity index (χ0n) is 18.3. The van der Waals surface area contributed by atoms with Gasteiger partial charge < -0.3 is 10.1 Å². The number of morpholine rings is 1. The second kappa shape index (κ2) is 10.0. The van der Waals surface area contributed by atoms with E-state index in [1.807, 2.05) is 41.8 Å². The number of aromatic nitrogens is 3. The summed E-state index contributed by atoms with van der Waals surface area (Å²) in [6.07, 6.45) is 0. The summed E-state index contributed by atoms with van der Waals surface area (Å²) >= 11 is 1.30. The molecule has 9 nitrogen and oxygen atoms in total. The second-order valence-electron chi connectivity index (χ2n) is 7.49. The van der Waals surface area contributed by atoms with Crippen LogP contribution < -0.4 is 5.32 Å². The van der Waals surface area contributed by atoms with E-state index in [0.29, 0.717) is 37.1 Å². The van der Waals surface area contributed by atoms with Gasteiger partial charge in [-0.15, -0.1) is 10.2 Å². The quantitative estimate of drug-likeness (QED) is 0.511. The molecule has 0 radical (unpaired) electrons. The van der Waals surface area contributed by atoms with E-state index in [9.17, 15) is 13.2 Å². The molecule has 0 saturated carbocycles. The summed E-state index contributed by atoms with van der Waals surface area (Å²) in [4.78, 5) is 13.0. The lowest BCUT2D eigenvalue weighted by atomic mass is 10.3. The third-order valence-electron chi connectivity index (χ3n) is 5.19. The van der Waals surface area contributed by atoms with Gasteiger partial charge in [-0.05, 0) is 50.2 Å². The lowest BCUT2D eigenvalue weighted by molar-refractivity contribution is -0.115. The van der Waals surface area contributed by atoms with Gasteiger partial charge in [-0.1, -0.05) is 30.0 Å². The van der Waals surface area contributed by atoms with E-state index in [-0.39, 0.29) is 10.8 Å². The fourth-order valence-corrected chi connectivity index (χ4v) is 5.72. The second-order valence-corrected chi connectivity index (χ2v) is 10.7. The Morgan fingerprint density at radius 1 is 1.06 bits per heavy atom. The molecule has 2 aromatic carbocycles. The number of nitrogens with zero attached hydrogens (tertiary/aromatic N) is 4. The standard InChI is InChI=1S/C22H25N5O4S2/c1-16(32-22-25-24-17(2)27(22)19-6-4-3-5-7-19)21(28)23-18-8-10-20(11-9-18)33(29,30)26-12-14-31-15-13-26/h3-11,16H,12-15H2,1-2H3,(H,23,28)/t16-/m1/s1. The summed E-state index contributed by atoms with van der Waals surface area (Å²) in [5.41, 5.74) is 1.45. The van der Waals surface area contributed by atoms with Gasteiger partial charge in [-0.2, -0.15) is 4.31 Å². The van der Waals surface area contributed by atoms with E-state index in [1.165, 1.54) is 28.2 Å². The van der Waals surface area contributed by atoms with Crippen LogP contribution in [0.2, 0.25) is 0 Å². The lowest BCUT2D eigenvalue weighted by Gasteiger charge is -2.26. The number of anilines is 1. The summed E-state index contributed by atoms with van der Waals surface area (Å²) in [5, 5.41) is 11.4. The van der Waals surface area contributed by atoms with Crippen molar-refractivity contribution in [2.45, 2.75) is 29.1 Å². The summed E-state index contributed by atoms with van der Waals surface area (Å²) in [6.45, 7) is 5.10. The van der Waals surface area contributed by atoms with Gasteiger partial charge in [0.25, 0.3) is 0 Å². The molecule has 174 valence electrons. The third-order valence-corrected chi connectivity index (χ3v) is 8.15. The van der Waals surface area contributed by atoms with Gasteiger partial charge in [0.1, 0.15) is 5.82 Å². The van der Waals surface area contributed by atoms with Crippen LogP contribution in [0.25, 0.3) is 5.69 Å². The molecule has 1 aliphatic heterocycles. The molecule has 0 aliphatic carbocycles. The molecule has 11 heteroatoms. The van der Waals surface area contributed by atoms with Crippen LogP contribution in [0.4, 0.5) is 5.69 Å². The van der Waals surface area contributed by atoms with Crippen LogP contribution in [0.3, 0.4) is 0 Å². The number of carbonyl (C=O) groups excluding carboxylic acids is 1. The monoisotopic (exact) mass is 487 g/mol. The van der Waals surface area contributed by atoms with Crippen molar-refractivity contribution in [1.29, 1.82) is 0 Å². The number of aryl methyl sites for hydroxylation is 1. The van der Waals surface area contributed by atoms with Gasteiger partial charge in [0, 0.05) is 24.5 Å². The van der Waals surface area contributed by atoms with E-state index in [2.05, 4.69) is 15.5 Å². The SMILES string of the molecule is Cc1nnc(S[C@H](C)C(=O)Nc2ccc(S(=O)(=O)N3CCOCC3)cc2)n1-c1ccccc1. The van der Waals surface area contributed by atoms with Crippen molar-refractivity contribution in [3.63, 3.8) is 0 Å². The maximum absolute atomic E-state index is 12.8. The van der Waals surface area contributed by atoms with E-state index >= 15 is 0 Å². The predicted molar refractivity (Wildman–Crippen MR) is 126 cm³/mol. The zero-order chi connectivity index (χ0) is 23.4. The summed E-state index contributed by atoms with van der Waals surface area (Å²) < 4.78 is 34.0. The molecule has 1 aliphatic rings. The first-order valence-electron chi connectivity index (χ1n) is 10.5. The average molecular weight is 488 g/mol. The maximum Gasteiger partial charge on any atom is 0.243 e. The fourth-order valence-electron chi connectivity index (χ4n) is 3.40. The molecule has 1 atom stereocenters. The minimum absolute atomic E-state index is 0.191.